The summed E-state index contributed by atoms with van der Waals surface area (Å²) >= 11 is 1.77. The number of nitrogens with one attached hydrogen (secondary N) is 1. The van der Waals surface area contributed by atoms with Gasteiger partial charge in [-0.1, -0.05) is 18.2 Å². The Morgan fingerprint density at radius 3 is 2.67 bits per heavy atom. The second kappa shape index (κ2) is 9.11. The summed E-state index contributed by atoms with van der Waals surface area (Å²) in [5.74, 6) is 1.99. The van der Waals surface area contributed by atoms with Gasteiger partial charge in [-0.3, -0.25) is 4.79 Å². The summed E-state index contributed by atoms with van der Waals surface area (Å²) in [4.78, 5) is 15.5. The average Bonchev–Trinajstić information content (AvgIpc) is 2.54. The Bertz CT molecular complexity index is 416. The highest BCUT2D eigenvalue weighted by Crippen LogP contribution is 2.22. The van der Waals surface area contributed by atoms with Crippen LogP contribution < -0.4 is 5.32 Å². The minimum Gasteiger partial charge on any atom is -0.343 e. The van der Waals surface area contributed by atoms with Crippen molar-refractivity contribution in [1.82, 2.24) is 10.2 Å². The van der Waals surface area contributed by atoms with Gasteiger partial charge in [0.1, 0.15) is 0 Å². The third kappa shape index (κ3) is 5.71. The minimum atomic E-state index is 0.325. The lowest BCUT2D eigenvalue weighted by Crippen LogP contribution is -2.39. The van der Waals surface area contributed by atoms with Crippen molar-refractivity contribution in [3.8, 4) is 0 Å². The van der Waals surface area contributed by atoms with Gasteiger partial charge in [0.15, 0.2) is 0 Å². The molecule has 1 fully saturated rings. The Labute approximate surface area is 132 Å². The van der Waals surface area contributed by atoms with E-state index in [1.54, 1.807) is 11.8 Å². The summed E-state index contributed by atoms with van der Waals surface area (Å²) in [6.45, 7) is 2.98. The van der Waals surface area contributed by atoms with Crippen molar-refractivity contribution in [2.24, 2.45) is 5.92 Å². The van der Waals surface area contributed by atoms with Crippen LogP contribution in [0.3, 0.4) is 0 Å². The molecule has 0 atom stereocenters. The van der Waals surface area contributed by atoms with Gasteiger partial charge in [0.05, 0.1) is 0 Å². The van der Waals surface area contributed by atoms with Gasteiger partial charge in [-0.15, -0.1) is 11.8 Å². The molecule has 0 aliphatic carbocycles. The normalized spacial score (nSPS) is 16.1. The van der Waals surface area contributed by atoms with Crippen LogP contribution in [-0.4, -0.2) is 43.2 Å². The van der Waals surface area contributed by atoms with Crippen molar-refractivity contribution >= 4 is 17.7 Å². The minimum absolute atomic E-state index is 0.325. The van der Waals surface area contributed by atoms with Gasteiger partial charge < -0.3 is 10.2 Å². The highest BCUT2D eigenvalue weighted by Gasteiger charge is 2.21. The first-order chi connectivity index (χ1) is 10.3. The lowest BCUT2D eigenvalue weighted by molar-refractivity contribution is -0.132. The first kappa shape index (κ1) is 16.4. The molecule has 4 heteroatoms. The van der Waals surface area contributed by atoms with E-state index in [9.17, 15) is 4.79 Å². The highest BCUT2D eigenvalue weighted by atomic mass is 32.2. The van der Waals surface area contributed by atoms with Gasteiger partial charge in [0.25, 0.3) is 0 Å². The van der Waals surface area contributed by atoms with Crippen molar-refractivity contribution in [3.05, 3.63) is 30.3 Å². The van der Waals surface area contributed by atoms with E-state index in [2.05, 4.69) is 22.3 Å². The Balaban J connectivity index is 1.63. The molecule has 0 radical (unpaired) electrons. The molecule has 21 heavy (non-hydrogen) atoms. The molecule has 0 bridgehead atoms. The molecule has 1 aromatic rings. The van der Waals surface area contributed by atoms with E-state index in [1.165, 1.54) is 24.2 Å². The predicted octanol–water partition coefficient (Wildman–Crippen LogP) is 3.02. The van der Waals surface area contributed by atoms with Crippen LogP contribution in [0.15, 0.2) is 35.2 Å². The fourth-order valence-electron chi connectivity index (χ4n) is 2.75. The summed E-state index contributed by atoms with van der Waals surface area (Å²) in [5.41, 5.74) is 0. The monoisotopic (exact) mass is 306 g/mol. The molecule has 1 N–H and O–H groups in total. The number of carbonyl (C=O) groups excluding carboxylic acids is 1. The highest BCUT2D eigenvalue weighted by molar-refractivity contribution is 7.99. The lowest BCUT2D eigenvalue weighted by Gasteiger charge is -2.32. The number of piperidine rings is 1. The van der Waals surface area contributed by atoms with Gasteiger partial charge in [-0.05, 0) is 50.9 Å². The topological polar surface area (TPSA) is 32.3 Å². The standard InChI is InChI=1S/C17H26N2OS/c1-18-11-7-15-8-12-19(13-9-15)17(20)10-14-21-16-5-3-2-4-6-16/h2-6,15,18H,7-14H2,1H3. The second-order valence-corrected chi connectivity index (χ2v) is 6.80. The van der Waals surface area contributed by atoms with Crippen molar-refractivity contribution < 1.29 is 4.79 Å². The molecule has 1 amide bonds. The Morgan fingerprint density at radius 1 is 1.29 bits per heavy atom. The number of likely N-dealkylation sites (tertiary alicyclic amines) is 1. The number of nitrogens with zero attached hydrogens (tertiary/aromatic N) is 1. The lowest BCUT2D eigenvalue weighted by atomic mass is 9.93. The van der Waals surface area contributed by atoms with Gasteiger partial charge in [-0.2, -0.15) is 0 Å². The van der Waals surface area contributed by atoms with Crippen LogP contribution in [0.2, 0.25) is 0 Å². The molecular formula is C17H26N2OS. The molecular weight excluding hydrogens is 280 g/mol. The smallest absolute Gasteiger partial charge is 0.223 e. The van der Waals surface area contributed by atoms with Crippen LogP contribution in [0, 0.1) is 5.92 Å². The third-order valence-corrected chi connectivity index (χ3v) is 5.11. The molecule has 2 rings (SSSR count). The van der Waals surface area contributed by atoms with E-state index in [-0.39, 0.29) is 0 Å². The maximum Gasteiger partial charge on any atom is 0.223 e. The van der Waals surface area contributed by atoms with Gasteiger partial charge >= 0.3 is 0 Å². The Hall–Kier alpha value is -1.00. The summed E-state index contributed by atoms with van der Waals surface area (Å²) < 4.78 is 0. The van der Waals surface area contributed by atoms with E-state index < -0.39 is 0 Å². The first-order valence-corrected chi connectivity index (χ1v) is 8.88. The van der Waals surface area contributed by atoms with Crippen LogP contribution in [0.5, 0.6) is 0 Å². The van der Waals surface area contributed by atoms with E-state index >= 15 is 0 Å². The number of hydrogen-bond donors (Lipinski definition) is 1. The number of amides is 1. The van der Waals surface area contributed by atoms with Crippen molar-refractivity contribution in [1.29, 1.82) is 0 Å². The molecule has 0 aromatic heterocycles. The van der Waals surface area contributed by atoms with Crippen LogP contribution in [-0.2, 0) is 4.79 Å². The van der Waals surface area contributed by atoms with Gasteiger partial charge in [0.2, 0.25) is 5.91 Å². The zero-order chi connectivity index (χ0) is 14.9. The molecule has 1 heterocycles. The Morgan fingerprint density at radius 2 is 2.00 bits per heavy atom. The molecule has 1 aliphatic rings. The molecule has 0 unspecified atom stereocenters. The Kier molecular flexibility index (Phi) is 7.10. The maximum atomic E-state index is 12.2. The van der Waals surface area contributed by atoms with Crippen LogP contribution in [0.1, 0.15) is 25.7 Å². The summed E-state index contributed by atoms with van der Waals surface area (Å²) in [7, 11) is 2.00. The number of carbonyl (C=O) groups is 1. The van der Waals surface area contributed by atoms with E-state index in [0.29, 0.717) is 12.3 Å². The molecule has 1 aliphatic heterocycles. The SMILES string of the molecule is CNCCC1CCN(C(=O)CCSc2ccccc2)CC1. The molecule has 116 valence electrons. The van der Waals surface area contributed by atoms with Crippen LogP contribution in [0.25, 0.3) is 0 Å². The fraction of sp³-hybridized carbons (Fsp3) is 0.588. The summed E-state index contributed by atoms with van der Waals surface area (Å²) in [6, 6.07) is 10.3. The third-order valence-electron chi connectivity index (χ3n) is 4.10. The predicted molar refractivity (Wildman–Crippen MR) is 89.6 cm³/mol. The quantitative estimate of drug-likeness (QED) is 0.786. The average molecular weight is 306 g/mol. The van der Waals surface area contributed by atoms with E-state index in [0.717, 1.165) is 31.3 Å². The molecule has 1 saturated heterocycles. The zero-order valence-corrected chi connectivity index (χ0v) is 13.7. The van der Waals surface area contributed by atoms with Gasteiger partial charge in [0, 0.05) is 30.2 Å². The summed E-state index contributed by atoms with van der Waals surface area (Å²) in [6.07, 6.45) is 4.22. The van der Waals surface area contributed by atoms with E-state index in [1.807, 2.05) is 25.2 Å². The second-order valence-electron chi connectivity index (χ2n) is 5.63. The molecule has 0 spiro atoms. The largest absolute Gasteiger partial charge is 0.343 e. The first-order valence-electron chi connectivity index (χ1n) is 7.90. The van der Waals surface area contributed by atoms with E-state index in [4.69, 9.17) is 0 Å². The van der Waals surface area contributed by atoms with Crippen LogP contribution in [0.4, 0.5) is 0 Å². The zero-order valence-electron chi connectivity index (χ0n) is 12.9. The number of benzene rings is 1. The number of thioether (sulfide) groups is 1. The fourth-order valence-corrected chi connectivity index (χ4v) is 3.61. The van der Waals surface area contributed by atoms with Crippen molar-refractivity contribution in [2.75, 3.05) is 32.4 Å². The van der Waals surface area contributed by atoms with Crippen LogP contribution >= 0.6 is 11.8 Å². The molecule has 1 aromatic carbocycles. The molecule has 0 saturated carbocycles. The number of hydrogen-bond acceptors (Lipinski definition) is 3. The van der Waals surface area contributed by atoms with Gasteiger partial charge in [-0.25, -0.2) is 0 Å². The molecule has 3 nitrogen and oxygen atoms in total. The van der Waals surface area contributed by atoms with Crippen molar-refractivity contribution in [3.63, 3.8) is 0 Å². The summed E-state index contributed by atoms with van der Waals surface area (Å²) in [5, 5.41) is 3.21. The maximum absolute atomic E-state index is 12.2. The van der Waals surface area contributed by atoms with Crippen molar-refractivity contribution in [2.45, 2.75) is 30.6 Å². The number of rotatable bonds is 7.